The fraction of sp³-hybridized carbons (Fsp3) is 0.500. The van der Waals surface area contributed by atoms with Gasteiger partial charge in [-0.25, -0.2) is 4.99 Å². The third kappa shape index (κ3) is 6.67. The summed E-state index contributed by atoms with van der Waals surface area (Å²) in [7, 11) is 3.30. The van der Waals surface area contributed by atoms with E-state index in [0.29, 0.717) is 47.3 Å². The summed E-state index contributed by atoms with van der Waals surface area (Å²) < 4.78 is 5.60. The lowest BCUT2D eigenvalue weighted by Gasteiger charge is -2.37. The van der Waals surface area contributed by atoms with E-state index in [-0.39, 0.29) is 29.8 Å². The zero-order valence-corrected chi connectivity index (χ0v) is 23.7. The molecule has 4 rings (SSSR count). The van der Waals surface area contributed by atoms with Crippen molar-refractivity contribution in [1.82, 2.24) is 20.4 Å². The van der Waals surface area contributed by atoms with Crippen LogP contribution < -0.4 is 26.4 Å². The van der Waals surface area contributed by atoms with Crippen LogP contribution in [-0.4, -0.2) is 73.3 Å². The van der Waals surface area contributed by atoms with Crippen LogP contribution in [0.15, 0.2) is 60.1 Å². The van der Waals surface area contributed by atoms with Gasteiger partial charge in [0.25, 0.3) is 5.91 Å². The lowest BCUT2D eigenvalue weighted by Crippen LogP contribution is -2.44. The van der Waals surface area contributed by atoms with Gasteiger partial charge in [-0.05, 0) is 50.4 Å². The molecule has 3 fully saturated rings. The minimum atomic E-state index is -0.243. The van der Waals surface area contributed by atoms with Crippen LogP contribution in [0.5, 0.6) is 5.75 Å². The van der Waals surface area contributed by atoms with E-state index in [4.69, 9.17) is 15.5 Å². The van der Waals surface area contributed by atoms with Gasteiger partial charge in [0.15, 0.2) is 5.84 Å². The van der Waals surface area contributed by atoms with Gasteiger partial charge in [0, 0.05) is 44.0 Å². The number of nitrogens with one attached hydrogen (secondary N) is 3. The van der Waals surface area contributed by atoms with Crippen molar-refractivity contribution in [3.63, 3.8) is 0 Å². The van der Waals surface area contributed by atoms with E-state index >= 15 is 0 Å². The van der Waals surface area contributed by atoms with Crippen molar-refractivity contribution < 1.29 is 14.3 Å². The maximum atomic E-state index is 13.3. The number of nitrogens with zero attached hydrogens (tertiary/aromatic N) is 3. The van der Waals surface area contributed by atoms with Gasteiger partial charge in [-0.3, -0.25) is 9.59 Å². The quantitative estimate of drug-likeness (QED) is 0.349. The highest BCUT2D eigenvalue weighted by Crippen LogP contribution is 2.31. The smallest absolute Gasteiger partial charge is 0.251 e. The first kappa shape index (κ1) is 29.2. The van der Waals surface area contributed by atoms with Gasteiger partial charge in [0.1, 0.15) is 17.3 Å². The number of ether oxygens (including phenoxy) is 1. The van der Waals surface area contributed by atoms with Gasteiger partial charge in [-0.1, -0.05) is 31.9 Å². The number of amidine groups is 1. The van der Waals surface area contributed by atoms with E-state index < -0.39 is 0 Å². The molecule has 1 unspecified atom stereocenters. The largest absolute Gasteiger partial charge is 0.495 e. The molecular formula is C30H43N7O3. The summed E-state index contributed by atoms with van der Waals surface area (Å²) in [6.07, 6.45) is 10.3. The normalized spacial score (nSPS) is 24.2. The summed E-state index contributed by atoms with van der Waals surface area (Å²) in [5, 5.41) is 9.54. The fourth-order valence-corrected chi connectivity index (χ4v) is 5.78. The molecule has 1 aromatic rings. The number of carbonyl (C=O) groups is 2. The van der Waals surface area contributed by atoms with E-state index in [1.165, 1.54) is 12.6 Å². The highest BCUT2D eigenvalue weighted by Gasteiger charge is 2.37. The first-order chi connectivity index (χ1) is 19.4. The predicted molar refractivity (Wildman–Crippen MR) is 159 cm³/mol. The number of amides is 2. The summed E-state index contributed by atoms with van der Waals surface area (Å²) in [6, 6.07) is 5.62. The Morgan fingerprint density at radius 3 is 2.70 bits per heavy atom. The number of rotatable bonds is 9. The molecular weight excluding hydrogens is 506 g/mol. The number of allylic oxidation sites excluding steroid dienone is 1. The second-order valence-electron chi connectivity index (χ2n) is 10.7. The Hall–Kier alpha value is -3.79. The molecule has 216 valence electrons. The van der Waals surface area contributed by atoms with Gasteiger partial charge in [-0.2, -0.15) is 0 Å². The molecule has 2 aliphatic heterocycles. The van der Waals surface area contributed by atoms with Crippen LogP contribution in [0.4, 0.5) is 5.69 Å². The van der Waals surface area contributed by atoms with Crippen LogP contribution in [0.25, 0.3) is 0 Å². The standard InChI is InChI=1S/C30H43N7O3/c1-5-9-22-19-37(24-10-7-6-8-11-24)28(26(17-31)36(3)30(22)39)34-20(2)33-25-13-12-21(16-27(25)40-4)29(38)35-23-14-15-32-18-23/h5,12-13,16-17,22-24,32-33H,1-2,6-11,14-15,18-19,31H2,3-4H3,(H,35,38)/b26-17+,34-28+/t22?,23-/m0/s1. The lowest BCUT2D eigenvalue weighted by molar-refractivity contribution is -0.131. The van der Waals surface area contributed by atoms with Gasteiger partial charge < -0.3 is 36.2 Å². The maximum Gasteiger partial charge on any atom is 0.251 e. The summed E-state index contributed by atoms with van der Waals surface area (Å²) in [6.45, 7) is 10.3. The molecule has 0 aromatic heterocycles. The van der Waals surface area contributed by atoms with Crippen molar-refractivity contribution in [3.8, 4) is 5.75 Å². The highest BCUT2D eigenvalue weighted by molar-refractivity contribution is 6.04. The highest BCUT2D eigenvalue weighted by atomic mass is 16.5. The number of benzene rings is 1. The van der Waals surface area contributed by atoms with Crippen LogP contribution in [0.1, 0.15) is 55.3 Å². The number of carbonyl (C=O) groups excluding carboxylic acids is 2. The molecule has 2 heterocycles. The van der Waals surface area contributed by atoms with Gasteiger partial charge in [0.05, 0.1) is 18.7 Å². The molecule has 0 spiro atoms. The molecule has 1 aromatic carbocycles. The summed E-state index contributed by atoms with van der Waals surface area (Å²) in [4.78, 5) is 34.9. The average Bonchev–Trinajstić information content (AvgIpc) is 3.45. The van der Waals surface area contributed by atoms with Crippen LogP contribution in [-0.2, 0) is 4.79 Å². The average molecular weight is 550 g/mol. The first-order valence-corrected chi connectivity index (χ1v) is 14.2. The minimum absolute atomic E-state index is 0.00917. The second kappa shape index (κ2) is 13.5. The molecule has 2 saturated heterocycles. The topological polar surface area (TPSA) is 124 Å². The zero-order valence-electron chi connectivity index (χ0n) is 23.7. The number of anilines is 1. The molecule has 0 radical (unpaired) electrons. The van der Waals surface area contributed by atoms with E-state index in [0.717, 1.165) is 45.2 Å². The van der Waals surface area contributed by atoms with Gasteiger partial charge in [-0.15, -0.1) is 6.58 Å². The van der Waals surface area contributed by atoms with Crippen molar-refractivity contribution >= 4 is 23.3 Å². The van der Waals surface area contributed by atoms with Crippen molar-refractivity contribution in [1.29, 1.82) is 0 Å². The molecule has 40 heavy (non-hydrogen) atoms. The monoisotopic (exact) mass is 549 g/mol. The Morgan fingerprint density at radius 2 is 2.05 bits per heavy atom. The molecule has 1 saturated carbocycles. The van der Waals surface area contributed by atoms with Crippen molar-refractivity contribution in [3.05, 3.63) is 60.7 Å². The number of hydrogen-bond acceptors (Lipinski definition) is 7. The van der Waals surface area contributed by atoms with E-state index in [1.807, 2.05) is 0 Å². The van der Waals surface area contributed by atoms with E-state index in [1.54, 1.807) is 43.3 Å². The van der Waals surface area contributed by atoms with Crippen LogP contribution in [0.2, 0.25) is 0 Å². The van der Waals surface area contributed by atoms with Crippen molar-refractivity contribution in [2.45, 2.75) is 57.0 Å². The second-order valence-corrected chi connectivity index (χ2v) is 10.7. The summed E-state index contributed by atoms with van der Waals surface area (Å²) >= 11 is 0. The molecule has 10 nitrogen and oxygen atoms in total. The van der Waals surface area contributed by atoms with E-state index in [9.17, 15) is 9.59 Å². The molecule has 2 amide bonds. The predicted octanol–water partition coefficient (Wildman–Crippen LogP) is 3.17. The van der Waals surface area contributed by atoms with Crippen molar-refractivity contribution in [2.24, 2.45) is 16.6 Å². The Balaban J connectivity index is 1.60. The molecule has 3 aliphatic rings. The van der Waals surface area contributed by atoms with Gasteiger partial charge >= 0.3 is 0 Å². The summed E-state index contributed by atoms with van der Waals surface area (Å²) in [5.74, 6) is 1.09. The molecule has 10 heteroatoms. The Bertz CT molecular complexity index is 1170. The third-order valence-corrected chi connectivity index (χ3v) is 7.96. The molecule has 1 aliphatic carbocycles. The minimum Gasteiger partial charge on any atom is -0.495 e. The molecule has 2 atom stereocenters. The lowest BCUT2D eigenvalue weighted by atomic mass is 9.93. The SMILES string of the molecule is C=CCC1CN(C2CCCCC2)C(=N/C(=C)Nc2ccc(C(=O)N[C@H]3CCNC3)cc2OC)/C(=C\N)N(C)C1=O. The third-order valence-electron chi connectivity index (χ3n) is 7.96. The fourth-order valence-electron chi connectivity index (χ4n) is 5.78. The molecule has 5 N–H and O–H groups in total. The first-order valence-electron chi connectivity index (χ1n) is 14.2. The Morgan fingerprint density at radius 1 is 1.27 bits per heavy atom. The molecule has 0 bridgehead atoms. The van der Waals surface area contributed by atoms with Crippen LogP contribution in [0, 0.1) is 5.92 Å². The number of nitrogens with two attached hydrogens (primary N) is 1. The number of likely N-dealkylation sites (N-methyl/N-ethyl adjacent to an activating group) is 1. The number of hydrogen-bond donors (Lipinski definition) is 4. The Kier molecular flexibility index (Phi) is 9.87. The van der Waals surface area contributed by atoms with Gasteiger partial charge in [0.2, 0.25) is 5.91 Å². The number of aliphatic imine (C=N–C) groups is 1. The zero-order chi connectivity index (χ0) is 28.6. The van der Waals surface area contributed by atoms with Crippen molar-refractivity contribution in [2.75, 3.05) is 39.1 Å². The van der Waals surface area contributed by atoms with Crippen LogP contribution in [0.3, 0.4) is 0 Å². The Labute approximate surface area is 237 Å². The summed E-state index contributed by atoms with van der Waals surface area (Å²) in [5.41, 5.74) is 7.80. The van der Waals surface area contributed by atoms with E-state index in [2.05, 4.69) is 34.0 Å². The number of methoxy groups -OCH3 is 1. The van der Waals surface area contributed by atoms with Crippen LogP contribution >= 0.6 is 0 Å². The maximum absolute atomic E-state index is 13.3.